The van der Waals surface area contributed by atoms with Crippen molar-refractivity contribution in [2.75, 3.05) is 0 Å². The molecule has 0 aliphatic heterocycles. The van der Waals surface area contributed by atoms with Crippen LogP contribution in [0.3, 0.4) is 0 Å². The number of amides is 1. The number of aromatic carboxylic acids is 1. The Morgan fingerprint density at radius 3 is 2.58 bits per heavy atom. The average molecular weight is 349 g/mol. The van der Waals surface area contributed by atoms with E-state index in [0.717, 1.165) is 22.4 Å². The third kappa shape index (κ3) is 4.36. The molecule has 0 radical (unpaired) electrons. The number of hydrogen-bond donors (Lipinski definition) is 2. The molecule has 3 rings (SSSR count). The van der Waals surface area contributed by atoms with Gasteiger partial charge in [-0.25, -0.2) is 9.48 Å². The minimum Gasteiger partial charge on any atom is -0.476 e. The van der Waals surface area contributed by atoms with Crippen molar-refractivity contribution in [2.24, 2.45) is 0 Å². The standard InChI is InChI=1S/C20H19N3O3/c1-14-4-2-5-15(10-14)12-19(24)21-13-16-6-3-7-17(11-16)23-9-8-18(22-23)20(25)26/h2-11H,12-13H2,1H3,(H,21,24)(H,25,26). The van der Waals surface area contributed by atoms with Gasteiger partial charge in [0.25, 0.3) is 0 Å². The van der Waals surface area contributed by atoms with E-state index >= 15 is 0 Å². The van der Waals surface area contributed by atoms with E-state index in [2.05, 4.69) is 10.4 Å². The van der Waals surface area contributed by atoms with Crippen LogP contribution in [0.2, 0.25) is 0 Å². The number of hydrogen-bond acceptors (Lipinski definition) is 3. The number of nitrogens with one attached hydrogen (secondary N) is 1. The number of nitrogens with zero attached hydrogens (tertiary/aromatic N) is 2. The number of aromatic nitrogens is 2. The fraction of sp³-hybridized carbons (Fsp3) is 0.150. The normalized spacial score (nSPS) is 10.5. The number of rotatable bonds is 6. The first kappa shape index (κ1) is 17.4. The molecule has 0 spiro atoms. The van der Waals surface area contributed by atoms with Crippen LogP contribution in [0.1, 0.15) is 27.2 Å². The van der Waals surface area contributed by atoms with Crippen molar-refractivity contribution in [2.45, 2.75) is 19.9 Å². The predicted octanol–water partition coefficient (Wildman–Crippen LogP) is 2.74. The summed E-state index contributed by atoms with van der Waals surface area (Å²) in [4.78, 5) is 23.1. The van der Waals surface area contributed by atoms with Gasteiger partial charge in [0.05, 0.1) is 12.1 Å². The molecule has 1 heterocycles. The molecule has 2 aromatic carbocycles. The van der Waals surface area contributed by atoms with Crippen LogP contribution in [-0.4, -0.2) is 26.8 Å². The van der Waals surface area contributed by atoms with Crippen molar-refractivity contribution in [1.29, 1.82) is 0 Å². The number of carbonyl (C=O) groups is 2. The number of carboxylic acids is 1. The molecule has 2 N–H and O–H groups in total. The molecular formula is C20H19N3O3. The molecule has 0 atom stereocenters. The molecule has 0 fully saturated rings. The summed E-state index contributed by atoms with van der Waals surface area (Å²) in [5, 5.41) is 15.9. The largest absolute Gasteiger partial charge is 0.476 e. The van der Waals surface area contributed by atoms with Gasteiger partial charge in [-0.05, 0) is 36.2 Å². The van der Waals surface area contributed by atoms with Crippen molar-refractivity contribution in [3.63, 3.8) is 0 Å². The van der Waals surface area contributed by atoms with E-state index in [9.17, 15) is 9.59 Å². The third-order valence-corrected chi connectivity index (χ3v) is 3.92. The van der Waals surface area contributed by atoms with Crippen molar-refractivity contribution in [1.82, 2.24) is 15.1 Å². The molecule has 0 saturated carbocycles. The molecule has 1 amide bonds. The minimum absolute atomic E-state index is 0.0122. The van der Waals surface area contributed by atoms with Crippen LogP contribution in [0.25, 0.3) is 5.69 Å². The molecule has 6 heteroatoms. The quantitative estimate of drug-likeness (QED) is 0.717. The van der Waals surface area contributed by atoms with E-state index in [1.165, 1.54) is 10.7 Å². The molecule has 0 saturated heterocycles. The summed E-state index contributed by atoms with van der Waals surface area (Å²) in [6.45, 7) is 2.39. The number of carboxylic acid groups (broad SMARTS) is 1. The fourth-order valence-corrected chi connectivity index (χ4v) is 2.66. The molecule has 1 aromatic heterocycles. The first-order valence-corrected chi connectivity index (χ1v) is 8.22. The van der Waals surface area contributed by atoms with E-state index in [1.54, 1.807) is 6.20 Å². The number of aryl methyl sites for hydroxylation is 1. The van der Waals surface area contributed by atoms with Crippen LogP contribution in [0.4, 0.5) is 0 Å². The molecule has 0 aliphatic rings. The van der Waals surface area contributed by atoms with Crippen molar-refractivity contribution in [3.05, 3.63) is 83.2 Å². The monoisotopic (exact) mass is 349 g/mol. The maximum atomic E-state index is 12.1. The number of carbonyl (C=O) groups excluding carboxylic acids is 1. The zero-order valence-electron chi connectivity index (χ0n) is 14.3. The topological polar surface area (TPSA) is 84.2 Å². The summed E-state index contributed by atoms with van der Waals surface area (Å²) < 4.78 is 1.50. The lowest BCUT2D eigenvalue weighted by atomic mass is 10.1. The fourth-order valence-electron chi connectivity index (χ4n) is 2.66. The lowest BCUT2D eigenvalue weighted by Gasteiger charge is -2.08. The summed E-state index contributed by atoms with van der Waals surface area (Å²) in [6.07, 6.45) is 1.93. The minimum atomic E-state index is -1.07. The van der Waals surface area contributed by atoms with Crippen molar-refractivity contribution in [3.8, 4) is 5.69 Å². The number of benzene rings is 2. The van der Waals surface area contributed by atoms with E-state index < -0.39 is 5.97 Å². The molecule has 3 aromatic rings. The highest BCUT2D eigenvalue weighted by Crippen LogP contribution is 2.11. The maximum Gasteiger partial charge on any atom is 0.356 e. The van der Waals surface area contributed by atoms with Gasteiger partial charge >= 0.3 is 5.97 Å². The second-order valence-electron chi connectivity index (χ2n) is 6.06. The van der Waals surface area contributed by atoms with E-state index in [0.29, 0.717) is 13.0 Å². The van der Waals surface area contributed by atoms with Crippen LogP contribution in [0.15, 0.2) is 60.8 Å². The molecule has 132 valence electrons. The summed E-state index contributed by atoms with van der Waals surface area (Å²) in [6, 6.07) is 16.8. The molecular weight excluding hydrogens is 330 g/mol. The molecule has 26 heavy (non-hydrogen) atoms. The Balaban J connectivity index is 1.63. The van der Waals surface area contributed by atoms with Gasteiger partial charge in [0, 0.05) is 12.7 Å². The van der Waals surface area contributed by atoms with Gasteiger partial charge in [-0.2, -0.15) is 5.10 Å². The smallest absolute Gasteiger partial charge is 0.356 e. The van der Waals surface area contributed by atoms with Gasteiger partial charge in [0.1, 0.15) is 0 Å². The predicted molar refractivity (Wildman–Crippen MR) is 97.3 cm³/mol. The maximum absolute atomic E-state index is 12.1. The second kappa shape index (κ2) is 7.65. The Bertz CT molecular complexity index is 947. The molecule has 0 aliphatic carbocycles. The Labute approximate surface area is 151 Å². The van der Waals surface area contributed by atoms with Crippen LogP contribution in [0, 0.1) is 6.92 Å². The van der Waals surface area contributed by atoms with Gasteiger partial charge in [-0.3, -0.25) is 4.79 Å². The van der Waals surface area contributed by atoms with Crippen molar-refractivity contribution < 1.29 is 14.7 Å². The van der Waals surface area contributed by atoms with E-state index in [1.807, 2.05) is 55.5 Å². The van der Waals surface area contributed by atoms with Crippen molar-refractivity contribution >= 4 is 11.9 Å². The average Bonchev–Trinajstić information content (AvgIpc) is 3.11. The molecule has 0 unspecified atom stereocenters. The van der Waals surface area contributed by atoms with Gasteiger partial charge in [-0.15, -0.1) is 0 Å². The second-order valence-corrected chi connectivity index (χ2v) is 6.06. The van der Waals surface area contributed by atoms with Gasteiger partial charge < -0.3 is 10.4 Å². The first-order chi connectivity index (χ1) is 12.5. The summed E-state index contributed by atoms with van der Waals surface area (Å²) in [5.74, 6) is -1.11. The highest BCUT2D eigenvalue weighted by Gasteiger charge is 2.08. The molecule has 6 nitrogen and oxygen atoms in total. The van der Waals surface area contributed by atoms with Crippen LogP contribution in [0.5, 0.6) is 0 Å². The Morgan fingerprint density at radius 1 is 1.08 bits per heavy atom. The lowest BCUT2D eigenvalue weighted by Crippen LogP contribution is -2.24. The SMILES string of the molecule is Cc1cccc(CC(=O)NCc2cccc(-n3ccc(C(=O)O)n3)c2)c1. The highest BCUT2D eigenvalue weighted by molar-refractivity contribution is 5.85. The third-order valence-electron chi connectivity index (χ3n) is 3.92. The van der Waals surface area contributed by atoms with E-state index in [4.69, 9.17) is 5.11 Å². The van der Waals surface area contributed by atoms with Gasteiger partial charge in [0.2, 0.25) is 5.91 Å². The Morgan fingerprint density at radius 2 is 1.85 bits per heavy atom. The summed E-state index contributed by atoms with van der Waals surface area (Å²) in [5.41, 5.74) is 3.74. The Hall–Kier alpha value is -3.41. The zero-order chi connectivity index (χ0) is 18.5. The molecule has 0 bridgehead atoms. The highest BCUT2D eigenvalue weighted by atomic mass is 16.4. The van der Waals surface area contributed by atoms with Crippen LogP contribution >= 0.6 is 0 Å². The van der Waals surface area contributed by atoms with Crippen LogP contribution in [-0.2, 0) is 17.8 Å². The lowest BCUT2D eigenvalue weighted by molar-refractivity contribution is -0.120. The van der Waals surface area contributed by atoms with Gasteiger partial charge in [0.15, 0.2) is 5.69 Å². The van der Waals surface area contributed by atoms with Crippen LogP contribution < -0.4 is 5.32 Å². The van der Waals surface area contributed by atoms with E-state index in [-0.39, 0.29) is 11.6 Å². The zero-order valence-corrected chi connectivity index (χ0v) is 14.3. The first-order valence-electron chi connectivity index (χ1n) is 8.22. The Kier molecular flexibility index (Phi) is 5.12. The summed E-state index contributed by atoms with van der Waals surface area (Å²) in [7, 11) is 0. The summed E-state index contributed by atoms with van der Waals surface area (Å²) >= 11 is 0. The van der Waals surface area contributed by atoms with Gasteiger partial charge in [-0.1, -0.05) is 42.0 Å².